The predicted octanol–water partition coefficient (Wildman–Crippen LogP) is 3.65. The molecule has 0 unspecified atom stereocenters. The average Bonchev–Trinajstić information content (AvgIpc) is 3.11. The second-order valence-electron chi connectivity index (χ2n) is 9.84. The number of fused-ring (bicyclic) bond motifs is 1. The Hall–Kier alpha value is -1.19. The molecule has 2 fully saturated rings. The Labute approximate surface area is 175 Å². The van der Waals surface area contributed by atoms with Crippen molar-refractivity contribution in [3.8, 4) is 11.8 Å². The topological polar surface area (TPSA) is 71.1 Å². The van der Waals surface area contributed by atoms with Crippen molar-refractivity contribution in [3.05, 3.63) is 17.7 Å². The van der Waals surface area contributed by atoms with Crippen molar-refractivity contribution in [1.82, 2.24) is 10.3 Å². The average molecular weight is 425 g/mol. The summed E-state index contributed by atoms with van der Waals surface area (Å²) in [6, 6.07) is 3.73. The molecule has 7 nitrogen and oxygen atoms in total. The Bertz CT molecular complexity index is 734. The van der Waals surface area contributed by atoms with E-state index in [9.17, 15) is 0 Å². The number of hydrogen-bond acceptors (Lipinski definition) is 7. The largest absolute Gasteiger partial charge is 0.481 e. The highest BCUT2D eigenvalue weighted by Gasteiger charge is 2.55. The highest BCUT2D eigenvalue weighted by Crippen LogP contribution is 2.44. The van der Waals surface area contributed by atoms with Crippen LogP contribution in [0.15, 0.2) is 12.1 Å². The van der Waals surface area contributed by atoms with Crippen LogP contribution < -0.4 is 14.8 Å². The number of nitrogens with one attached hydrogen (secondary N) is 1. The molecule has 164 valence electrons. The van der Waals surface area contributed by atoms with Gasteiger partial charge in [-0.2, -0.15) is 4.98 Å². The van der Waals surface area contributed by atoms with Crippen molar-refractivity contribution in [1.29, 1.82) is 0 Å². The minimum absolute atomic E-state index is 0.0210. The summed E-state index contributed by atoms with van der Waals surface area (Å²) in [7, 11) is 1.34. The number of pyridine rings is 1. The lowest BCUT2D eigenvalue weighted by atomic mass is 10.0. The maximum Gasteiger partial charge on any atom is 0.221 e. The summed E-state index contributed by atoms with van der Waals surface area (Å²) >= 11 is 0. The first-order valence-corrected chi connectivity index (χ1v) is 13.1. The van der Waals surface area contributed by atoms with Gasteiger partial charge in [0.2, 0.25) is 11.8 Å². The third-order valence-electron chi connectivity index (χ3n) is 6.31. The number of ether oxygens (including phenoxy) is 4. The lowest BCUT2D eigenvalue weighted by Gasteiger charge is -2.37. The van der Waals surface area contributed by atoms with Gasteiger partial charge in [-0.25, -0.2) is 0 Å². The van der Waals surface area contributed by atoms with Crippen molar-refractivity contribution in [3.63, 3.8) is 0 Å². The van der Waals surface area contributed by atoms with Crippen LogP contribution in [-0.2, 0) is 13.9 Å². The molecule has 3 rings (SSSR count). The second kappa shape index (κ2) is 7.81. The first-order valence-electron chi connectivity index (χ1n) is 10.2. The summed E-state index contributed by atoms with van der Waals surface area (Å²) in [6.07, 6.45) is -0.256. The van der Waals surface area contributed by atoms with Gasteiger partial charge in [-0.1, -0.05) is 20.8 Å². The highest BCUT2D eigenvalue weighted by molar-refractivity contribution is 6.74. The van der Waals surface area contributed by atoms with E-state index in [4.69, 9.17) is 23.4 Å². The third kappa shape index (κ3) is 4.46. The molecule has 2 aliphatic heterocycles. The third-order valence-corrected chi connectivity index (χ3v) is 10.8. The van der Waals surface area contributed by atoms with Gasteiger partial charge in [0.1, 0.15) is 12.2 Å². The summed E-state index contributed by atoms with van der Waals surface area (Å²) < 4.78 is 29.8. The normalized spacial score (nSPS) is 29.0. The lowest BCUT2D eigenvalue weighted by molar-refractivity contribution is -0.157. The molecule has 29 heavy (non-hydrogen) atoms. The van der Waals surface area contributed by atoms with Crippen molar-refractivity contribution >= 4 is 8.32 Å². The van der Waals surface area contributed by atoms with Gasteiger partial charge in [0.05, 0.1) is 32.9 Å². The molecule has 0 bridgehead atoms. The standard InChI is InChI=1S/C21H36N2O5Si/c1-20(2,3)29(8,9)26-12-14-17-18(28-21(4,5)27-17)16(22-14)13-10-11-15(24-6)23-19(13)25-7/h10-11,14,16-18,22H,12H2,1-9H3/t14-,16+,17-,18+/m1/s1. The van der Waals surface area contributed by atoms with E-state index < -0.39 is 14.1 Å². The SMILES string of the molecule is COc1ccc([C@@H]2N[C@H](CO[Si](C)(C)C(C)(C)C)[C@H]3OC(C)(C)O[C@H]32)c(OC)n1. The Morgan fingerprint density at radius 3 is 2.34 bits per heavy atom. The van der Waals surface area contributed by atoms with E-state index in [1.807, 2.05) is 26.0 Å². The summed E-state index contributed by atoms with van der Waals surface area (Å²) in [5.41, 5.74) is 0.930. The zero-order valence-corrected chi connectivity index (χ0v) is 20.2. The summed E-state index contributed by atoms with van der Waals surface area (Å²) in [5, 5.41) is 3.82. The van der Waals surface area contributed by atoms with Crippen LogP contribution in [0.3, 0.4) is 0 Å². The molecular weight excluding hydrogens is 388 g/mol. The summed E-state index contributed by atoms with van der Waals surface area (Å²) in [4.78, 5) is 4.44. The number of rotatable bonds is 6. The van der Waals surface area contributed by atoms with E-state index in [0.717, 1.165) is 5.56 Å². The molecule has 1 aromatic heterocycles. The summed E-state index contributed by atoms with van der Waals surface area (Å²) in [5.74, 6) is 0.402. The highest BCUT2D eigenvalue weighted by atomic mass is 28.4. The van der Waals surface area contributed by atoms with Crippen LogP contribution in [0, 0.1) is 0 Å². The predicted molar refractivity (Wildman–Crippen MR) is 114 cm³/mol. The molecule has 0 saturated carbocycles. The van der Waals surface area contributed by atoms with E-state index in [1.54, 1.807) is 14.2 Å². The molecule has 8 heteroatoms. The molecule has 3 heterocycles. The molecule has 1 N–H and O–H groups in total. The number of aromatic nitrogens is 1. The first kappa shape index (κ1) is 22.5. The van der Waals surface area contributed by atoms with E-state index in [2.05, 4.69) is 44.2 Å². The fraction of sp³-hybridized carbons (Fsp3) is 0.762. The van der Waals surface area contributed by atoms with E-state index >= 15 is 0 Å². The minimum Gasteiger partial charge on any atom is -0.481 e. The Balaban J connectivity index is 1.85. The zero-order valence-electron chi connectivity index (χ0n) is 19.2. The minimum atomic E-state index is -1.87. The maximum absolute atomic E-state index is 6.51. The van der Waals surface area contributed by atoms with Crippen LogP contribution in [0.25, 0.3) is 0 Å². The Kier molecular flexibility index (Phi) is 6.06. The smallest absolute Gasteiger partial charge is 0.221 e. The van der Waals surface area contributed by atoms with Gasteiger partial charge >= 0.3 is 0 Å². The van der Waals surface area contributed by atoms with Gasteiger partial charge in [-0.05, 0) is 38.0 Å². The van der Waals surface area contributed by atoms with Crippen molar-refractivity contribution in [2.24, 2.45) is 0 Å². The molecule has 0 amide bonds. The van der Waals surface area contributed by atoms with Gasteiger partial charge in [-0.15, -0.1) is 0 Å². The van der Waals surface area contributed by atoms with Gasteiger partial charge in [0, 0.05) is 11.6 Å². The zero-order chi connectivity index (χ0) is 21.6. The van der Waals surface area contributed by atoms with Gasteiger partial charge in [0.15, 0.2) is 14.1 Å². The maximum atomic E-state index is 6.51. The van der Waals surface area contributed by atoms with Crippen LogP contribution in [0.2, 0.25) is 18.1 Å². The fourth-order valence-electron chi connectivity index (χ4n) is 3.68. The molecule has 1 aromatic rings. The molecule has 4 atom stereocenters. The first-order chi connectivity index (χ1) is 13.4. The monoisotopic (exact) mass is 424 g/mol. The summed E-state index contributed by atoms with van der Waals surface area (Å²) in [6.45, 7) is 15.8. The van der Waals surface area contributed by atoms with Gasteiger partial charge < -0.3 is 28.7 Å². The molecular formula is C21H36N2O5Si. The van der Waals surface area contributed by atoms with Crippen LogP contribution in [-0.4, -0.2) is 58.2 Å². The molecule has 0 aromatic carbocycles. The van der Waals surface area contributed by atoms with Crippen molar-refractivity contribution in [2.45, 2.75) is 82.8 Å². The Morgan fingerprint density at radius 2 is 1.76 bits per heavy atom. The van der Waals surface area contributed by atoms with Gasteiger partial charge in [-0.3, -0.25) is 0 Å². The van der Waals surface area contributed by atoms with E-state index in [1.165, 1.54) is 0 Å². The number of nitrogens with zero attached hydrogens (tertiary/aromatic N) is 1. The number of methoxy groups -OCH3 is 2. The Morgan fingerprint density at radius 1 is 1.10 bits per heavy atom. The van der Waals surface area contributed by atoms with Crippen LogP contribution >= 0.6 is 0 Å². The van der Waals surface area contributed by atoms with Crippen LogP contribution in [0.1, 0.15) is 46.2 Å². The van der Waals surface area contributed by atoms with Crippen LogP contribution in [0.5, 0.6) is 11.8 Å². The van der Waals surface area contributed by atoms with Gasteiger partial charge in [0.25, 0.3) is 0 Å². The van der Waals surface area contributed by atoms with E-state index in [0.29, 0.717) is 18.4 Å². The quantitative estimate of drug-likeness (QED) is 0.699. The molecule has 2 saturated heterocycles. The molecule has 0 aliphatic carbocycles. The lowest BCUT2D eigenvalue weighted by Crippen LogP contribution is -2.47. The van der Waals surface area contributed by atoms with E-state index in [-0.39, 0.29) is 29.3 Å². The van der Waals surface area contributed by atoms with Crippen molar-refractivity contribution in [2.75, 3.05) is 20.8 Å². The number of hydrogen-bond donors (Lipinski definition) is 1. The fourth-order valence-corrected chi connectivity index (χ4v) is 4.71. The van der Waals surface area contributed by atoms with Crippen molar-refractivity contribution < 1.29 is 23.4 Å². The molecule has 2 aliphatic rings. The van der Waals surface area contributed by atoms with Crippen LogP contribution in [0.4, 0.5) is 0 Å². The molecule has 0 spiro atoms. The molecule has 0 radical (unpaired) electrons. The second-order valence-corrected chi connectivity index (χ2v) is 14.6.